The van der Waals surface area contributed by atoms with E-state index in [0.717, 1.165) is 44.3 Å². The molecule has 3 aliphatic rings. The summed E-state index contributed by atoms with van der Waals surface area (Å²) in [6, 6.07) is 2.25. The summed E-state index contributed by atoms with van der Waals surface area (Å²) in [5, 5.41) is 10.3. The van der Waals surface area contributed by atoms with Crippen molar-refractivity contribution in [2.75, 3.05) is 0 Å². The van der Waals surface area contributed by atoms with E-state index in [1.165, 1.54) is 19.3 Å². The van der Waals surface area contributed by atoms with Crippen LogP contribution in [0.25, 0.3) is 0 Å². The fourth-order valence-electron chi connectivity index (χ4n) is 4.11. The van der Waals surface area contributed by atoms with E-state index in [2.05, 4.69) is 15.8 Å². The SMILES string of the molecule is O=C(Cc1cc(C2CC2)on1)NC1CCCC(NC(=O)CC2CCC2)C1. The van der Waals surface area contributed by atoms with Gasteiger partial charge in [-0.2, -0.15) is 0 Å². The smallest absolute Gasteiger partial charge is 0.226 e. The maximum absolute atomic E-state index is 12.3. The topological polar surface area (TPSA) is 84.2 Å². The Balaban J connectivity index is 1.20. The summed E-state index contributed by atoms with van der Waals surface area (Å²) < 4.78 is 5.31. The lowest BCUT2D eigenvalue weighted by molar-refractivity contribution is -0.123. The van der Waals surface area contributed by atoms with Crippen molar-refractivity contribution >= 4 is 11.8 Å². The first-order chi connectivity index (χ1) is 12.7. The monoisotopic (exact) mass is 359 g/mol. The number of rotatable bonds is 7. The van der Waals surface area contributed by atoms with E-state index in [1.54, 1.807) is 0 Å². The van der Waals surface area contributed by atoms with Crippen LogP contribution in [-0.4, -0.2) is 29.1 Å². The van der Waals surface area contributed by atoms with E-state index in [4.69, 9.17) is 4.52 Å². The first kappa shape index (κ1) is 17.6. The largest absolute Gasteiger partial charge is 0.361 e. The lowest BCUT2D eigenvalue weighted by Crippen LogP contribution is -2.46. The molecular weight excluding hydrogens is 330 g/mol. The van der Waals surface area contributed by atoms with Crippen LogP contribution in [0.5, 0.6) is 0 Å². The minimum atomic E-state index is -0.00732. The summed E-state index contributed by atoms with van der Waals surface area (Å²) in [4.78, 5) is 24.4. The minimum absolute atomic E-state index is 0.00732. The molecule has 26 heavy (non-hydrogen) atoms. The van der Waals surface area contributed by atoms with Crippen molar-refractivity contribution < 1.29 is 14.1 Å². The summed E-state index contributed by atoms with van der Waals surface area (Å²) in [6.07, 6.45) is 10.8. The van der Waals surface area contributed by atoms with Crippen LogP contribution < -0.4 is 10.6 Å². The molecule has 0 radical (unpaired) electrons. The Morgan fingerprint density at radius 1 is 1.00 bits per heavy atom. The third-order valence-electron chi connectivity index (χ3n) is 6.00. The maximum Gasteiger partial charge on any atom is 0.226 e. The molecule has 1 aromatic heterocycles. The zero-order chi connectivity index (χ0) is 17.9. The Morgan fingerprint density at radius 3 is 2.35 bits per heavy atom. The molecule has 0 aliphatic heterocycles. The van der Waals surface area contributed by atoms with E-state index in [1.807, 2.05) is 6.07 Å². The van der Waals surface area contributed by atoms with Gasteiger partial charge in [0.25, 0.3) is 0 Å². The molecule has 2 N–H and O–H groups in total. The number of amides is 2. The number of aromatic nitrogens is 1. The van der Waals surface area contributed by atoms with Gasteiger partial charge in [-0.3, -0.25) is 9.59 Å². The van der Waals surface area contributed by atoms with E-state index in [-0.39, 0.29) is 30.3 Å². The number of carbonyl (C=O) groups excluding carboxylic acids is 2. The highest BCUT2D eigenvalue weighted by molar-refractivity contribution is 5.78. The minimum Gasteiger partial charge on any atom is -0.361 e. The molecule has 0 saturated heterocycles. The zero-order valence-corrected chi connectivity index (χ0v) is 15.3. The van der Waals surface area contributed by atoms with E-state index in [0.29, 0.717) is 24.0 Å². The van der Waals surface area contributed by atoms with Crippen molar-refractivity contribution in [2.45, 2.75) is 88.6 Å². The molecule has 6 heteroatoms. The van der Waals surface area contributed by atoms with Gasteiger partial charge in [-0.25, -0.2) is 0 Å². The Kier molecular flexibility index (Phi) is 5.27. The second-order valence-electron chi connectivity index (χ2n) is 8.37. The first-order valence-corrected chi connectivity index (χ1v) is 10.2. The molecule has 4 rings (SSSR count). The van der Waals surface area contributed by atoms with Gasteiger partial charge in [0.05, 0.1) is 12.1 Å². The van der Waals surface area contributed by atoms with Crippen molar-refractivity contribution in [2.24, 2.45) is 5.92 Å². The Hall–Kier alpha value is -1.85. The quantitative estimate of drug-likeness (QED) is 0.784. The van der Waals surface area contributed by atoms with Gasteiger partial charge >= 0.3 is 0 Å². The lowest BCUT2D eigenvalue weighted by Gasteiger charge is -2.31. The number of hydrogen-bond donors (Lipinski definition) is 2. The van der Waals surface area contributed by atoms with Crippen LogP contribution in [0.2, 0.25) is 0 Å². The number of carbonyl (C=O) groups is 2. The highest BCUT2D eigenvalue weighted by Gasteiger charge is 2.29. The predicted molar refractivity (Wildman–Crippen MR) is 96.5 cm³/mol. The van der Waals surface area contributed by atoms with Gasteiger partial charge in [0.2, 0.25) is 11.8 Å². The molecule has 2 amide bonds. The second-order valence-corrected chi connectivity index (χ2v) is 8.37. The van der Waals surface area contributed by atoms with E-state index in [9.17, 15) is 9.59 Å². The third kappa shape index (κ3) is 4.65. The fourth-order valence-corrected chi connectivity index (χ4v) is 4.11. The molecule has 1 aromatic rings. The van der Waals surface area contributed by atoms with Crippen molar-refractivity contribution in [1.29, 1.82) is 0 Å². The fraction of sp³-hybridized carbons (Fsp3) is 0.750. The molecule has 3 fully saturated rings. The van der Waals surface area contributed by atoms with Gasteiger partial charge in [0, 0.05) is 30.5 Å². The molecule has 6 nitrogen and oxygen atoms in total. The standard InChI is InChI=1S/C20H29N3O3/c24-19(9-13-3-1-4-13)21-15-5-2-6-16(10-15)22-20(25)12-17-11-18(26-23-17)14-7-8-14/h11,13-16H,1-10,12H2,(H,21,24)(H,22,25). The molecule has 0 bridgehead atoms. The highest BCUT2D eigenvalue weighted by atomic mass is 16.5. The van der Waals surface area contributed by atoms with Crippen LogP contribution in [-0.2, 0) is 16.0 Å². The van der Waals surface area contributed by atoms with Gasteiger partial charge in [-0.15, -0.1) is 0 Å². The van der Waals surface area contributed by atoms with Crippen LogP contribution in [0.15, 0.2) is 10.6 Å². The van der Waals surface area contributed by atoms with Crippen LogP contribution in [0.4, 0.5) is 0 Å². The van der Waals surface area contributed by atoms with Gasteiger partial charge < -0.3 is 15.2 Å². The van der Waals surface area contributed by atoms with Crippen LogP contribution >= 0.6 is 0 Å². The van der Waals surface area contributed by atoms with Crippen molar-refractivity contribution in [3.05, 3.63) is 17.5 Å². The molecule has 0 spiro atoms. The lowest BCUT2D eigenvalue weighted by atomic mass is 9.82. The Labute approximate surface area is 154 Å². The van der Waals surface area contributed by atoms with Gasteiger partial charge in [0.1, 0.15) is 5.76 Å². The summed E-state index contributed by atoms with van der Waals surface area (Å²) in [5.74, 6) is 2.20. The van der Waals surface area contributed by atoms with Crippen LogP contribution in [0.3, 0.4) is 0 Å². The third-order valence-corrected chi connectivity index (χ3v) is 6.00. The Bertz CT molecular complexity index is 648. The van der Waals surface area contributed by atoms with Crippen molar-refractivity contribution in [1.82, 2.24) is 15.8 Å². The van der Waals surface area contributed by atoms with Crippen LogP contribution in [0, 0.1) is 5.92 Å². The first-order valence-electron chi connectivity index (χ1n) is 10.2. The molecule has 1 heterocycles. The molecule has 0 aromatic carbocycles. The average molecular weight is 359 g/mol. The maximum atomic E-state index is 12.3. The number of nitrogens with one attached hydrogen (secondary N) is 2. The highest BCUT2D eigenvalue weighted by Crippen LogP contribution is 2.40. The second kappa shape index (κ2) is 7.80. The molecule has 2 atom stereocenters. The molecule has 3 aliphatic carbocycles. The van der Waals surface area contributed by atoms with E-state index < -0.39 is 0 Å². The summed E-state index contributed by atoms with van der Waals surface area (Å²) in [5.41, 5.74) is 0.713. The van der Waals surface area contributed by atoms with Crippen LogP contribution in [0.1, 0.15) is 81.6 Å². The summed E-state index contributed by atoms with van der Waals surface area (Å²) in [6.45, 7) is 0. The summed E-state index contributed by atoms with van der Waals surface area (Å²) >= 11 is 0. The van der Waals surface area contributed by atoms with Gasteiger partial charge in [-0.1, -0.05) is 11.6 Å². The van der Waals surface area contributed by atoms with Crippen molar-refractivity contribution in [3.8, 4) is 0 Å². The van der Waals surface area contributed by atoms with Crippen molar-refractivity contribution in [3.63, 3.8) is 0 Å². The number of hydrogen-bond acceptors (Lipinski definition) is 4. The molecule has 3 saturated carbocycles. The van der Waals surface area contributed by atoms with Gasteiger partial charge in [0.15, 0.2) is 0 Å². The predicted octanol–water partition coefficient (Wildman–Crippen LogP) is 2.83. The molecule has 2 unspecified atom stereocenters. The summed E-state index contributed by atoms with van der Waals surface area (Å²) in [7, 11) is 0. The molecular formula is C20H29N3O3. The zero-order valence-electron chi connectivity index (χ0n) is 15.3. The van der Waals surface area contributed by atoms with Gasteiger partial charge in [-0.05, 0) is 57.3 Å². The Morgan fingerprint density at radius 2 is 1.69 bits per heavy atom. The molecule has 142 valence electrons. The average Bonchev–Trinajstić information content (AvgIpc) is 3.31. The van der Waals surface area contributed by atoms with E-state index >= 15 is 0 Å². The normalized spacial score (nSPS) is 26.2. The number of nitrogens with zero attached hydrogens (tertiary/aromatic N) is 1.